The van der Waals surface area contributed by atoms with E-state index >= 15 is 0 Å². The third kappa shape index (κ3) is 5.46. The second kappa shape index (κ2) is 9.40. The van der Waals surface area contributed by atoms with E-state index in [0.29, 0.717) is 23.7 Å². The van der Waals surface area contributed by atoms with Crippen LogP contribution in [-0.2, 0) is 14.4 Å². The summed E-state index contributed by atoms with van der Waals surface area (Å²) in [6.07, 6.45) is 1.15. The SMILES string of the molecule is CCCC(=O)N1CSCC1C(=O)Nc1ccc(C(=O)NC(C)C(=O)O)cc1. The van der Waals surface area contributed by atoms with E-state index in [-0.39, 0.29) is 17.4 Å². The summed E-state index contributed by atoms with van der Waals surface area (Å²) >= 11 is 1.54. The fourth-order valence-corrected chi connectivity index (χ4v) is 3.72. The van der Waals surface area contributed by atoms with Crippen LogP contribution in [0.1, 0.15) is 37.0 Å². The molecule has 2 rings (SSSR count). The molecule has 27 heavy (non-hydrogen) atoms. The van der Waals surface area contributed by atoms with Crippen molar-refractivity contribution in [3.8, 4) is 0 Å². The highest BCUT2D eigenvalue weighted by molar-refractivity contribution is 7.99. The smallest absolute Gasteiger partial charge is 0.325 e. The Hall–Kier alpha value is -2.55. The molecule has 1 aliphatic heterocycles. The molecule has 1 heterocycles. The van der Waals surface area contributed by atoms with Crippen LogP contribution in [0, 0.1) is 0 Å². The maximum atomic E-state index is 12.5. The highest BCUT2D eigenvalue weighted by atomic mass is 32.2. The molecule has 3 amide bonds. The Morgan fingerprint density at radius 1 is 1.26 bits per heavy atom. The number of aliphatic carboxylic acids is 1. The number of carbonyl (C=O) groups excluding carboxylic acids is 3. The number of hydrogen-bond acceptors (Lipinski definition) is 5. The van der Waals surface area contributed by atoms with E-state index in [9.17, 15) is 19.2 Å². The molecular formula is C18H23N3O5S. The van der Waals surface area contributed by atoms with E-state index < -0.39 is 24.0 Å². The summed E-state index contributed by atoms with van der Waals surface area (Å²) in [7, 11) is 0. The average molecular weight is 393 g/mol. The number of carboxylic acid groups (broad SMARTS) is 1. The minimum atomic E-state index is -1.12. The first-order valence-corrected chi connectivity index (χ1v) is 9.80. The number of thioether (sulfide) groups is 1. The van der Waals surface area contributed by atoms with Gasteiger partial charge in [0.1, 0.15) is 12.1 Å². The summed E-state index contributed by atoms with van der Waals surface area (Å²) in [5.74, 6) is -0.856. The zero-order valence-electron chi connectivity index (χ0n) is 15.2. The van der Waals surface area contributed by atoms with Gasteiger partial charge in [0, 0.05) is 23.4 Å². The summed E-state index contributed by atoms with van der Waals surface area (Å²) in [6.45, 7) is 3.30. The molecule has 3 N–H and O–H groups in total. The normalized spacial score (nSPS) is 17.3. The second-order valence-electron chi connectivity index (χ2n) is 6.23. The van der Waals surface area contributed by atoms with Crippen molar-refractivity contribution in [2.75, 3.05) is 16.9 Å². The van der Waals surface area contributed by atoms with Crippen LogP contribution in [0.25, 0.3) is 0 Å². The zero-order chi connectivity index (χ0) is 20.0. The van der Waals surface area contributed by atoms with Crippen molar-refractivity contribution in [2.24, 2.45) is 0 Å². The third-order valence-corrected chi connectivity index (χ3v) is 5.11. The summed E-state index contributed by atoms with van der Waals surface area (Å²) in [4.78, 5) is 49.0. The minimum Gasteiger partial charge on any atom is -0.480 e. The van der Waals surface area contributed by atoms with Gasteiger partial charge in [-0.15, -0.1) is 11.8 Å². The van der Waals surface area contributed by atoms with E-state index in [1.165, 1.54) is 19.1 Å². The fraction of sp³-hybridized carbons (Fsp3) is 0.444. The predicted octanol–water partition coefficient (Wildman–Crippen LogP) is 1.53. The Bertz CT molecular complexity index is 722. The molecule has 2 atom stereocenters. The molecular weight excluding hydrogens is 370 g/mol. The van der Waals surface area contributed by atoms with E-state index in [2.05, 4.69) is 10.6 Å². The van der Waals surface area contributed by atoms with Crippen molar-refractivity contribution >= 4 is 41.1 Å². The molecule has 0 aliphatic carbocycles. The van der Waals surface area contributed by atoms with Crippen LogP contribution >= 0.6 is 11.8 Å². The van der Waals surface area contributed by atoms with Crippen LogP contribution in [0.2, 0.25) is 0 Å². The van der Waals surface area contributed by atoms with Crippen LogP contribution < -0.4 is 10.6 Å². The topological polar surface area (TPSA) is 116 Å². The van der Waals surface area contributed by atoms with Crippen molar-refractivity contribution in [2.45, 2.75) is 38.8 Å². The Labute approximate surface area is 161 Å². The van der Waals surface area contributed by atoms with Crippen LogP contribution in [-0.4, -0.2) is 57.4 Å². The molecule has 1 aromatic rings. The number of nitrogens with zero attached hydrogens (tertiary/aromatic N) is 1. The summed E-state index contributed by atoms with van der Waals surface area (Å²) in [6, 6.07) is 4.64. The number of anilines is 1. The standard InChI is InChI=1S/C18H23N3O5S/c1-3-4-15(22)21-10-27-9-14(21)17(24)20-13-7-5-12(6-8-13)16(23)19-11(2)18(25)26/h5-8,11,14H,3-4,9-10H2,1-2H3,(H,19,23)(H,20,24)(H,25,26). The maximum Gasteiger partial charge on any atom is 0.325 e. The monoisotopic (exact) mass is 393 g/mol. The number of hydrogen-bond donors (Lipinski definition) is 3. The average Bonchev–Trinajstić information content (AvgIpc) is 3.12. The van der Waals surface area contributed by atoms with Crippen LogP contribution in [0.4, 0.5) is 5.69 Å². The number of carboxylic acids is 1. The van der Waals surface area contributed by atoms with Crippen LogP contribution in [0.15, 0.2) is 24.3 Å². The molecule has 0 radical (unpaired) electrons. The molecule has 8 nitrogen and oxygen atoms in total. The maximum absolute atomic E-state index is 12.5. The number of carbonyl (C=O) groups is 4. The lowest BCUT2D eigenvalue weighted by Gasteiger charge is -2.23. The van der Waals surface area contributed by atoms with E-state index in [1.807, 2.05) is 6.92 Å². The predicted molar refractivity (Wildman–Crippen MR) is 103 cm³/mol. The van der Waals surface area contributed by atoms with Gasteiger partial charge in [-0.2, -0.15) is 0 Å². The number of benzene rings is 1. The van der Waals surface area contributed by atoms with Gasteiger partial charge in [0.15, 0.2) is 0 Å². The molecule has 0 spiro atoms. The Kier molecular flexibility index (Phi) is 7.23. The van der Waals surface area contributed by atoms with Gasteiger partial charge >= 0.3 is 5.97 Å². The molecule has 1 aromatic carbocycles. The molecule has 1 fully saturated rings. The van der Waals surface area contributed by atoms with Gasteiger partial charge in [0.2, 0.25) is 11.8 Å². The number of nitrogens with one attached hydrogen (secondary N) is 2. The first-order chi connectivity index (χ1) is 12.8. The molecule has 0 bridgehead atoms. The zero-order valence-corrected chi connectivity index (χ0v) is 16.0. The Balaban J connectivity index is 1.97. The molecule has 1 saturated heterocycles. The van der Waals surface area contributed by atoms with Gasteiger partial charge in [-0.3, -0.25) is 19.2 Å². The van der Waals surface area contributed by atoms with Gasteiger partial charge in [-0.05, 0) is 37.6 Å². The quantitative estimate of drug-likeness (QED) is 0.647. The largest absolute Gasteiger partial charge is 0.480 e. The first-order valence-electron chi connectivity index (χ1n) is 8.65. The lowest BCUT2D eigenvalue weighted by Crippen LogP contribution is -2.44. The van der Waals surface area contributed by atoms with Crippen molar-refractivity contribution < 1.29 is 24.3 Å². The second-order valence-corrected chi connectivity index (χ2v) is 7.23. The molecule has 146 valence electrons. The fourth-order valence-electron chi connectivity index (χ4n) is 2.54. The molecule has 2 unspecified atom stereocenters. The Morgan fingerprint density at radius 3 is 2.52 bits per heavy atom. The molecule has 0 saturated carbocycles. The highest BCUT2D eigenvalue weighted by Gasteiger charge is 2.34. The lowest BCUT2D eigenvalue weighted by atomic mass is 10.1. The van der Waals surface area contributed by atoms with Gasteiger partial charge in [-0.1, -0.05) is 6.92 Å². The van der Waals surface area contributed by atoms with Crippen LogP contribution in [0.3, 0.4) is 0 Å². The van der Waals surface area contributed by atoms with Gasteiger partial charge < -0.3 is 20.6 Å². The van der Waals surface area contributed by atoms with Crippen LogP contribution in [0.5, 0.6) is 0 Å². The summed E-state index contributed by atoms with van der Waals surface area (Å²) in [5, 5.41) is 13.9. The van der Waals surface area contributed by atoms with Gasteiger partial charge in [-0.25, -0.2) is 0 Å². The highest BCUT2D eigenvalue weighted by Crippen LogP contribution is 2.23. The third-order valence-electron chi connectivity index (χ3n) is 4.10. The van der Waals surface area contributed by atoms with Gasteiger partial charge in [0.25, 0.3) is 5.91 Å². The lowest BCUT2D eigenvalue weighted by molar-refractivity contribution is -0.138. The van der Waals surface area contributed by atoms with Gasteiger partial charge in [0.05, 0.1) is 5.88 Å². The molecule has 9 heteroatoms. The molecule has 0 aromatic heterocycles. The van der Waals surface area contributed by atoms with Crippen molar-refractivity contribution in [1.82, 2.24) is 10.2 Å². The summed E-state index contributed by atoms with van der Waals surface area (Å²) in [5.41, 5.74) is 0.792. The minimum absolute atomic E-state index is 0.0257. The van der Waals surface area contributed by atoms with E-state index in [0.717, 1.165) is 6.42 Å². The molecule has 1 aliphatic rings. The first kappa shape index (κ1) is 20.8. The van der Waals surface area contributed by atoms with Crippen molar-refractivity contribution in [3.63, 3.8) is 0 Å². The van der Waals surface area contributed by atoms with Crippen molar-refractivity contribution in [3.05, 3.63) is 29.8 Å². The number of amides is 3. The van der Waals surface area contributed by atoms with E-state index in [4.69, 9.17) is 5.11 Å². The summed E-state index contributed by atoms with van der Waals surface area (Å²) < 4.78 is 0. The van der Waals surface area contributed by atoms with E-state index in [1.54, 1.807) is 28.8 Å². The Morgan fingerprint density at radius 2 is 1.93 bits per heavy atom. The van der Waals surface area contributed by atoms with Crippen molar-refractivity contribution in [1.29, 1.82) is 0 Å². The number of rotatable bonds is 7.